The van der Waals surface area contributed by atoms with Gasteiger partial charge >= 0.3 is 5.69 Å². The fourth-order valence-corrected chi connectivity index (χ4v) is 5.33. The van der Waals surface area contributed by atoms with Crippen molar-refractivity contribution in [1.29, 1.82) is 0 Å². The molecule has 0 radical (unpaired) electrons. The summed E-state index contributed by atoms with van der Waals surface area (Å²) in [7, 11) is 0. The summed E-state index contributed by atoms with van der Waals surface area (Å²) in [5, 5.41) is 0. The van der Waals surface area contributed by atoms with Gasteiger partial charge in [0.1, 0.15) is 11.3 Å². The van der Waals surface area contributed by atoms with Crippen molar-refractivity contribution in [3.8, 4) is 16.9 Å². The molecule has 0 bridgehead atoms. The van der Waals surface area contributed by atoms with Gasteiger partial charge in [0.05, 0.1) is 17.1 Å². The Bertz CT molecular complexity index is 1690. The highest BCUT2D eigenvalue weighted by atomic mass is 19.1. The zero-order valence-electron chi connectivity index (χ0n) is 23.5. The van der Waals surface area contributed by atoms with Crippen LogP contribution in [0.3, 0.4) is 0 Å². The Hall–Kier alpha value is -4.40. The van der Waals surface area contributed by atoms with Gasteiger partial charge in [-0.05, 0) is 49.1 Å². The van der Waals surface area contributed by atoms with E-state index < -0.39 is 11.5 Å². The molecule has 0 N–H and O–H groups in total. The molecule has 2 aromatic heterocycles. The van der Waals surface area contributed by atoms with Gasteiger partial charge in [0.15, 0.2) is 11.5 Å². The number of piperazine rings is 1. The van der Waals surface area contributed by atoms with Gasteiger partial charge in [0, 0.05) is 31.2 Å². The van der Waals surface area contributed by atoms with Crippen LogP contribution < -0.4 is 10.6 Å². The average Bonchev–Trinajstić information content (AvgIpc) is 2.92. The van der Waals surface area contributed by atoms with E-state index in [9.17, 15) is 14.0 Å². The van der Waals surface area contributed by atoms with Crippen LogP contribution >= 0.6 is 0 Å². The Morgan fingerprint density at radius 1 is 1.05 bits per heavy atom. The van der Waals surface area contributed by atoms with Crippen molar-refractivity contribution in [2.24, 2.45) is 0 Å². The van der Waals surface area contributed by atoms with Gasteiger partial charge < -0.3 is 9.80 Å². The van der Waals surface area contributed by atoms with E-state index in [1.807, 2.05) is 36.1 Å². The molecule has 0 saturated carbocycles. The predicted octanol–water partition coefficient (Wildman–Crippen LogP) is 4.81. The molecule has 1 aliphatic rings. The molecule has 4 aromatic rings. The van der Waals surface area contributed by atoms with Crippen molar-refractivity contribution in [3.05, 3.63) is 88.7 Å². The molecule has 0 unspecified atom stereocenters. The van der Waals surface area contributed by atoms with E-state index in [1.165, 1.54) is 16.7 Å². The lowest BCUT2D eigenvalue weighted by Gasteiger charge is -2.40. The van der Waals surface area contributed by atoms with Gasteiger partial charge in [0.25, 0.3) is 0 Å². The number of carbonyl (C=O) groups excluding carboxylic acids is 1. The van der Waals surface area contributed by atoms with E-state index in [2.05, 4.69) is 32.3 Å². The van der Waals surface area contributed by atoms with Gasteiger partial charge in [0.2, 0.25) is 5.91 Å². The first kappa shape index (κ1) is 27.2. The number of amides is 1. The van der Waals surface area contributed by atoms with Crippen LogP contribution in [0.15, 0.2) is 66.0 Å². The molecule has 1 saturated heterocycles. The number of aryl methyl sites for hydroxylation is 1. The van der Waals surface area contributed by atoms with Gasteiger partial charge in [-0.25, -0.2) is 23.7 Å². The number of para-hydroxylation sites is 1. The Labute approximate surface area is 232 Å². The first-order valence-electron chi connectivity index (χ1n) is 13.4. The van der Waals surface area contributed by atoms with Crippen molar-refractivity contribution in [1.82, 2.24) is 24.4 Å². The molecule has 9 heteroatoms. The van der Waals surface area contributed by atoms with Crippen molar-refractivity contribution < 1.29 is 9.18 Å². The van der Waals surface area contributed by atoms with Crippen molar-refractivity contribution in [3.63, 3.8) is 0 Å². The molecule has 5 rings (SSSR count). The zero-order chi connectivity index (χ0) is 28.8. The minimum Gasteiger partial charge on any atom is -0.348 e. The van der Waals surface area contributed by atoms with E-state index in [-0.39, 0.29) is 17.4 Å². The van der Waals surface area contributed by atoms with Gasteiger partial charge in [-0.1, -0.05) is 57.7 Å². The summed E-state index contributed by atoms with van der Waals surface area (Å²) in [6.07, 6.45) is 1.31. The number of benzene rings is 2. The molecule has 1 atom stereocenters. The molecule has 0 spiro atoms. The molecule has 1 aliphatic heterocycles. The van der Waals surface area contributed by atoms with Crippen LogP contribution in [-0.4, -0.2) is 56.0 Å². The lowest BCUT2D eigenvalue weighted by atomic mass is 9.85. The van der Waals surface area contributed by atoms with Crippen LogP contribution in [0, 0.1) is 12.7 Å². The van der Waals surface area contributed by atoms with Gasteiger partial charge in [-0.3, -0.25) is 4.79 Å². The molecular weight excluding hydrogens is 507 g/mol. The normalized spacial score (nSPS) is 15.9. The van der Waals surface area contributed by atoms with Crippen LogP contribution in [0.2, 0.25) is 0 Å². The quantitative estimate of drug-likeness (QED) is 0.346. The second kappa shape index (κ2) is 10.3. The van der Waals surface area contributed by atoms with Crippen LogP contribution in [0.1, 0.15) is 39.0 Å². The van der Waals surface area contributed by atoms with Crippen molar-refractivity contribution >= 4 is 22.9 Å². The average molecular weight is 541 g/mol. The van der Waals surface area contributed by atoms with Gasteiger partial charge in [-0.15, -0.1) is 0 Å². The summed E-state index contributed by atoms with van der Waals surface area (Å²) in [4.78, 5) is 44.3. The Kier molecular flexibility index (Phi) is 6.99. The Morgan fingerprint density at radius 3 is 2.42 bits per heavy atom. The SMILES string of the molecule is C=CC(=O)N1CCN(c2nc(=O)n(-c3ccccc3C(C)(C)C)c3nc(-c4ccccc4F)c(C)nc23)[C@@H](C)C1. The number of hydrogen-bond acceptors (Lipinski definition) is 6. The first-order chi connectivity index (χ1) is 19.0. The Morgan fingerprint density at radius 2 is 1.75 bits per heavy atom. The Balaban J connectivity index is 1.80. The lowest BCUT2D eigenvalue weighted by molar-refractivity contribution is -0.126. The van der Waals surface area contributed by atoms with Crippen LogP contribution in [0.5, 0.6) is 0 Å². The molecule has 1 fully saturated rings. The molecular formula is C31H33FN6O2. The topological polar surface area (TPSA) is 84.2 Å². The number of aromatic nitrogens is 4. The molecule has 1 amide bonds. The molecule has 2 aromatic carbocycles. The highest BCUT2D eigenvalue weighted by Gasteiger charge is 2.31. The molecule has 206 valence electrons. The fraction of sp³-hybridized carbons (Fsp3) is 0.323. The minimum atomic E-state index is -0.506. The molecule has 40 heavy (non-hydrogen) atoms. The first-order valence-corrected chi connectivity index (χ1v) is 13.4. The van der Waals surface area contributed by atoms with Crippen LogP contribution in [0.25, 0.3) is 28.1 Å². The highest BCUT2D eigenvalue weighted by molar-refractivity contribution is 5.89. The second-order valence-corrected chi connectivity index (χ2v) is 11.2. The van der Waals surface area contributed by atoms with E-state index in [4.69, 9.17) is 9.97 Å². The zero-order valence-corrected chi connectivity index (χ0v) is 23.5. The predicted molar refractivity (Wildman–Crippen MR) is 155 cm³/mol. The van der Waals surface area contributed by atoms with E-state index in [0.717, 1.165) is 5.56 Å². The molecule has 3 heterocycles. The number of halogens is 1. The smallest absolute Gasteiger partial charge is 0.348 e. The summed E-state index contributed by atoms with van der Waals surface area (Å²) >= 11 is 0. The summed E-state index contributed by atoms with van der Waals surface area (Å²) in [6, 6.07) is 13.9. The maximum absolute atomic E-state index is 14.9. The number of hydrogen-bond donors (Lipinski definition) is 0. The van der Waals surface area contributed by atoms with Crippen LogP contribution in [0.4, 0.5) is 10.2 Å². The minimum absolute atomic E-state index is 0.135. The summed E-state index contributed by atoms with van der Waals surface area (Å²) < 4.78 is 16.4. The number of anilines is 1. The number of carbonyl (C=O) groups is 1. The van der Waals surface area contributed by atoms with Crippen molar-refractivity contribution in [2.45, 2.75) is 46.1 Å². The number of fused-ring (bicyclic) bond motifs is 1. The molecule has 8 nitrogen and oxygen atoms in total. The van der Waals surface area contributed by atoms with Crippen molar-refractivity contribution in [2.75, 3.05) is 24.5 Å². The van der Waals surface area contributed by atoms with E-state index in [0.29, 0.717) is 59.3 Å². The third-order valence-electron chi connectivity index (χ3n) is 7.34. The fourth-order valence-electron chi connectivity index (χ4n) is 5.33. The molecule has 0 aliphatic carbocycles. The van der Waals surface area contributed by atoms with Gasteiger partial charge in [-0.2, -0.15) is 4.98 Å². The number of rotatable bonds is 4. The summed E-state index contributed by atoms with van der Waals surface area (Å²) in [5.74, 6) is -0.156. The maximum Gasteiger partial charge on any atom is 0.355 e. The maximum atomic E-state index is 14.9. The van der Waals surface area contributed by atoms with Crippen LogP contribution in [-0.2, 0) is 10.2 Å². The largest absolute Gasteiger partial charge is 0.355 e. The summed E-state index contributed by atoms with van der Waals surface area (Å²) in [5.41, 5.74) is 2.72. The second-order valence-electron chi connectivity index (χ2n) is 11.2. The third kappa shape index (κ3) is 4.76. The highest BCUT2D eigenvalue weighted by Crippen LogP contribution is 2.33. The monoisotopic (exact) mass is 540 g/mol. The summed E-state index contributed by atoms with van der Waals surface area (Å²) in [6.45, 7) is 14.9. The number of nitrogens with zero attached hydrogens (tertiary/aromatic N) is 6. The third-order valence-corrected chi connectivity index (χ3v) is 7.34. The standard InChI is InChI=1S/C31H33FN6O2/c1-7-25(39)36-16-17-37(19(2)18-36)28-27-29(34-26(20(3)33-27)21-12-8-10-14-23(21)32)38(30(40)35-28)24-15-11-9-13-22(24)31(4,5)6/h7-15,19H,1,16-18H2,2-6H3/t19-/m0/s1. The lowest BCUT2D eigenvalue weighted by Crippen LogP contribution is -2.54. The van der Waals surface area contributed by atoms with E-state index >= 15 is 0 Å². The van der Waals surface area contributed by atoms with E-state index in [1.54, 1.807) is 30.0 Å².